The van der Waals surface area contributed by atoms with Crippen molar-refractivity contribution in [3.05, 3.63) is 59.7 Å². The van der Waals surface area contributed by atoms with Gasteiger partial charge in [-0.1, -0.05) is 32.0 Å². The van der Waals surface area contributed by atoms with E-state index in [1.807, 2.05) is 12.1 Å². The van der Waals surface area contributed by atoms with Crippen LogP contribution in [0.3, 0.4) is 0 Å². The van der Waals surface area contributed by atoms with Gasteiger partial charge in [0.15, 0.2) is 0 Å². The summed E-state index contributed by atoms with van der Waals surface area (Å²) in [6, 6.07) is 15.8. The summed E-state index contributed by atoms with van der Waals surface area (Å²) >= 11 is 0. The van der Waals surface area contributed by atoms with Crippen LogP contribution in [0.2, 0.25) is 0 Å². The van der Waals surface area contributed by atoms with Gasteiger partial charge in [-0.25, -0.2) is 4.79 Å². The predicted octanol–water partition coefficient (Wildman–Crippen LogP) is 4.12. The van der Waals surface area contributed by atoms with Gasteiger partial charge in [0.05, 0.1) is 12.7 Å². The first kappa shape index (κ1) is 16.9. The van der Waals surface area contributed by atoms with Crippen molar-refractivity contribution in [2.45, 2.75) is 19.8 Å². The van der Waals surface area contributed by atoms with Gasteiger partial charge in [0.25, 0.3) is 0 Å². The van der Waals surface area contributed by atoms with Gasteiger partial charge in [0, 0.05) is 24.5 Å². The molecule has 0 atom stereocenters. The lowest BCUT2D eigenvalue weighted by atomic mass is 10.0. The van der Waals surface area contributed by atoms with E-state index in [4.69, 9.17) is 4.74 Å². The summed E-state index contributed by atoms with van der Waals surface area (Å²) in [5.41, 5.74) is 3.91. The van der Waals surface area contributed by atoms with Crippen LogP contribution in [0.25, 0.3) is 0 Å². The second kappa shape index (κ2) is 8.22. The van der Waals surface area contributed by atoms with Gasteiger partial charge in [0.1, 0.15) is 0 Å². The highest BCUT2D eigenvalue weighted by Crippen LogP contribution is 2.18. The maximum absolute atomic E-state index is 11.5. The number of nitrogens with one attached hydrogen (secondary N) is 2. The summed E-state index contributed by atoms with van der Waals surface area (Å²) in [6.07, 6.45) is 0. The lowest BCUT2D eigenvalue weighted by Crippen LogP contribution is -2.14. The Balaban J connectivity index is 1.84. The predicted molar refractivity (Wildman–Crippen MR) is 95.3 cm³/mol. The van der Waals surface area contributed by atoms with Crippen molar-refractivity contribution in [3.63, 3.8) is 0 Å². The number of rotatable bonds is 7. The van der Waals surface area contributed by atoms with Crippen molar-refractivity contribution in [1.82, 2.24) is 0 Å². The molecule has 0 aliphatic rings. The van der Waals surface area contributed by atoms with Crippen molar-refractivity contribution < 1.29 is 9.53 Å². The standard InChI is InChI=1S/C19H24N2O2/c1-14(2)15-6-4-8-17(12-15)20-10-11-21-18-9-5-7-16(13-18)19(22)23-3/h4-9,12-14,20-21H,10-11H2,1-3H3. The zero-order valence-corrected chi connectivity index (χ0v) is 13.9. The first-order chi connectivity index (χ1) is 11.1. The Morgan fingerprint density at radius 2 is 1.61 bits per heavy atom. The Hall–Kier alpha value is -2.49. The van der Waals surface area contributed by atoms with E-state index in [0.29, 0.717) is 11.5 Å². The third-order valence-electron chi connectivity index (χ3n) is 3.62. The number of hydrogen-bond donors (Lipinski definition) is 2. The van der Waals surface area contributed by atoms with Gasteiger partial charge in [-0.3, -0.25) is 0 Å². The van der Waals surface area contributed by atoms with E-state index in [2.05, 4.69) is 48.7 Å². The average Bonchev–Trinajstić information content (AvgIpc) is 2.58. The van der Waals surface area contributed by atoms with Crippen LogP contribution < -0.4 is 10.6 Å². The van der Waals surface area contributed by atoms with Crippen LogP contribution in [0.15, 0.2) is 48.5 Å². The third kappa shape index (κ3) is 5.02. The van der Waals surface area contributed by atoms with Crippen molar-refractivity contribution >= 4 is 17.3 Å². The van der Waals surface area contributed by atoms with Crippen LogP contribution in [0.1, 0.15) is 35.7 Å². The largest absolute Gasteiger partial charge is 0.465 e. The molecule has 0 fully saturated rings. The molecule has 0 spiro atoms. The summed E-state index contributed by atoms with van der Waals surface area (Å²) in [5.74, 6) is 0.202. The minimum Gasteiger partial charge on any atom is -0.465 e. The molecule has 4 heteroatoms. The highest BCUT2D eigenvalue weighted by atomic mass is 16.5. The molecular weight excluding hydrogens is 288 g/mol. The Labute approximate surface area is 137 Å². The molecule has 2 rings (SSSR count). The maximum Gasteiger partial charge on any atom is 0.337 e. The zero-order chi connectivity index (χ0) is 16.7. The number of esters is 1. The molecule has 2 aromatic carbocycles. The van der Waals surface area contributed by atoms with Gasteiger partial charge >= 0.3 is 5.97 Å². The number of carbonyl (C=O) groups is 1. The second-order valence-electron chi connectivity index (χ2n) is 5.71. The first-order valence-corrected chi connectivity index (χ1v) is 7.86. The Morgan fingerprint density at radius 3 is 2.22 bits per heavy atom. The maximum atomic E-state index is 11.5. The van der Waals surface area contributed by atoms with E-state index < -0.39 is 0 Å². The highest BCUT2D eigenvalue weighted by molar-refractivity contribution is 5.90. The molecule has 0 aromatic heterocycles. The van der Waals surface area contributed by atoms with Crippen molar-refractivity contribution in [1.29, 1.82) is 0 Å². The van der Waals surface area contributed by atoms with Crippen LogP contribution in [0.5, 0.6) is 0 Å². The van der Waals surface area contributed by atoms with Crippen LogP contribution in [-0.4, -0.2) is 26.2 Å². The summed E-state index contributed by atoms with van der Waals surface area (Å²) in [6.45, 7) is 5.93. The molecule has 0 aliphatic carbocycles. The minimum atomic E-state index is -0.322. The average molecular weight is 312 g/mol. The molecule has 0 aliphatic heterocycles. The normalized spacial score (nSPS) is 10.4. The topological polar surface area (TPSA) is 50.4 Å². The lowest BCUT2D eigenvalue weighted by molar-refractivity contribution is 0.0601. The fraction of sp³-hybridized carbons (Fsp3) is 0.316. The summed E-state index contributed by atoms with van der Waals surface area (Å²) in [7, 11) is 1.39. The lowest BCUT2D eigenvalue weighted by Gasteiger charge is -2.12. The Morgan fingerprint density at radius 1 is 1.00 bits per heavy atom. The molecule has 0 heterocycles. The number of anilines is 2. The fourth-order valence-electron chi connectivity index (χ4n) is 2.30. The van der Waals surface area contributed by atoms with Crippen LogP contribution >= 0.6 is 0 Å². The minimum absolute atomic E-state index is 0.322. The van der Waals surface area contributed by atoms with E-state index >= 15 is 0 Å². The van der Waals surface area contributed by atoms with E-state index in [-0.39, 0.29) is 5.97 Å². The third-order valence-corrected chi connectivity index (χ3v) is 3.62. The zero-order valence-electron chi connectivity index (χ0n) is 13.9. The van der Waals surface area contributed by atoms with Crippen molar-refractivity contribution in [3.8, 4) is 0 Å². The highest BCUT2D eigenvalue weighted by Gasteiger charge is 2.05. The van der Waals surface area contributed by atoms with Gasteiger partial charge in [0.2, 0.25) is 0 Å². The summed E-state index contributed by atoms with van der Waals surface area (Å²) in [5, 5.41) is 6.71. The van der Waals surface area contributed by atoms with Crippen LogP contribution in [0, 0.1) is 0 Å². The smallest absolute Gasteiger partial charge is 0.337 e. The number of ether oxygens (including phenoxy) is 1. The summed E-state index contributed by atoms with van der Waals surface area (Å²) in [4.78, 5) is 11.5. The monoisotopic (exact) mass is 312 g/mol. The molecule has 0 radical (unpaired) electrons. The van der Waals surface area contributed by atoms with Crippen LogP contribution in [0.4, 0.5) is 11.4 Å². The molecule has 2 N–H and O–H groups in total. The number of methoxy groups -OCH3 is 1. The van der Waals surface area contributed by atoms with E-state index in [1.54, 1.807) is 12.1 Å². The molecule has 0 saturated carbocycles. The molecule has 0 amide bonds. The Kier molecular flexibility index (Phi) is 6.03. The Bertz CT molecular complexity index is 653. The molecular formula is C19H24N2O2. The summed E-state index contributed by atoms with van der Waals surface area (Å²) < 4.78 is 4.73. The molecule has 122 valence electrons. The second-order valence-corrected chi connectivity index (χ2v) is 5.71. The number of benzene rings is 2. The SMILES string of the molecule is COC(=O)c1cccc(NCCNc2cccc(C(C)C)c2)c1. The van der Waals surface area contributed by atoms with Crippen molar-refractivity contribution in [2.24, 2.45) is 0 Å². The van der Waals surface area contributed by atoms with Gasteiger partial charge < -0.3 is 15.4 Å². The van der Waals surface area contributed by atoms with E-state index in [1.165, 1.54) is 12.7 Å². The number of carbonyl (C=O) groups excluding carboxylic acids is 1. The molecule has 2 aromatic rings. The first-order valence-electron chi connectivity index (χ1n) is 7.86. The number of hydrogen-bond acceptors (Lipinski definition) is 4. The quantitative estimate of drug-likeness (QED) is 0.596. The molecule has 23 heavy (non-hydrogen) atoms. The molecule has 4 nitrogen and oxygen atoms in total. The van der Waals surface area contributed by atoms with Gasteiger partial charge in [-0.05, 0) is 41.8 Å². The van der Waals surface area contributed by atoms with Gasteiger partial charge in [-0.2, -0.15) is 0 Å². The molecule has 0 saturated heterocycles. The fourth-order valence-corrected chi connectivity index (χ4v) is 2.30. The van der Waals surface area contributed by atoms with Crippen molar-refractivity contribution in [2.75, 3.05) is 30.8 Å². The van der Waals surface area contributed by atoms with E-state index in [0.717, 1.165) is 24.5 Å². The molecule has 0 bridgehead atoms. The van der Waals surface area contributed by atoms with E-state index in [9.17, 15) is 4.79 Å². The van der Waals surface area contributed by atoms with Crippen LogP contribution in [-0.2, 0) is 4.74 Å². The van der Waals surface area contributed by atoms with Gasteiger partial charge in [-0.15, -0.1) is 0 Å². The molecule has 0 unspecified atom stereocenters.